The fourth-order valence-corrected chi connectivity index (χ4v) is 6.37. The summed E-state index contributed by atoms with van der Waals surface area (Å²) in [6.07, 6.45) is 2.08. The van der Waals surface area contributed by atoms with Crippen molar-refractivity contribution in [1.82, 2.24) is 0 Å². The first-order valence-corrected chi connectivity index (χ1v) is 13.8. The van der Waals surface area contributed by atoms with Gasteiger partial charge in [0.15, 0.2) is 0 Å². The van der Waals surface area contributed by atoms with E-state index in [-0.39, 0.29) is 18.1 Å². The molecular weight excluding hydrogens is 540 g/mol. The molecule has 9 heteroatoms. The maximum Gasteiger partial charge on any atom is 0.458 e. The van der Waals surface area contributed by atoms with E-state index in [0.29, 0.717) is 17.4 Å². The van der Waals surface area contributed by atoms with Crippen LogP contribution in [0.3, 0.4) is 0 Å². The molecule has 0 spiro atoms. The van der Waals surface area contributed by atoms with E-state index in [0.717, 1.165) is 49.7 Å². The molecule has 2 aromatic rings. The third-order valence-electron chi connectivity index (χ3n) is 8.40. The summed E-state index contributed by atoms with van der Waals surface area (Å²) < 4.78 is 114. The maximum atomic E-state index is 14.9. The molecule has 4 rings (SSSR count). The van der Waals surface area contributed by atoms with Crippen LogP contribution in [0.25, 0.3) is 0 Å². The van der Waals surface area contributed by atoms with Crippen LogP contribution in [0, 0.1) is 47.0 Å². The zero-order chi connectivity index (χ0) is 29.1. The number of benzene rings is 2. The highest BCUT2D eigenvalue weighted by Gasteiger charge is 2.39. The Labute approximate surface area is 229 Å². The fourth-order valence-electron chi connectivity index (χ4n) is 6.37. The molecule has 0 bridgehead atoms. The minimum absolute atomic E-state index is 0.0549. The van der Waals surface area contributed by atoms with Gasteiger partial charge < -0.3 is 4.74 Å². The lowest BCUT2D eigenvalue weighted by Gasteiger charge is -2.38. The Morgan fingerprint density at radius 3 is 1.88 bits per heavy atom. The van der Waals surface area contributed by atoms with Crippen LogP contribution in [0.2, 0.25) is 0 Å². The third-order valence-corrected chi connectivity index (χ3v) is 8.40. The summed E-state index contributed by atoms with van der Waals surface area (Å²) in [7, 11) is 0. The lowest BCUT2D eigenvalue weighted by molar-refractivity contribution is -0.187. The molecule has 2 aliphatic rings. The lowest BCUT2D eigenvalue weighted by atomic mass is 9.68. The molecule has 0 radical (unpaired) electrons. The minimum Gasteiger partial charge on any atom is -0.429 e. The quantitative estimate of drug-likeness (QED) is 0.237. The molecule has 0 aliphatic heterocycles. The predicted molar refractivity (Wildman–Crippen MR) is 135 cm³/mol. The number of hydrogen-bond acceptors (Lipinski definition) is 1. The normalized spacial score (nSPS) is 23.8. The molecule has 2 aromatic carbocycles. The van der Waals surface area contributed by atoms with Gasteiger partial charge in [0.05, 0.1) is 11.1 Å². The number of ether oxygens (including phenoxy) is 1. The highest BCUT2D eigenvalue weighted by atomic mass is 19.4. The minimum atomic E-state index is -5.00. The van der Waals surface area contributed by atoms with Crippen LogP contribution in [0.1, 0.15) is 93.7 Å². The van der Waals surface area contributed by atoms with E-state index in [9.17, 15) is 35.1 Å². The summed E-state index contributed by atoms with van der Waals surface area (Å²) in [5.74, 6) is -1.22. The van der Waals surface area contributed by atoms with Crippen molar-refractivity contribution in [2.75, 3.05) is 0 Å². The van der Waals surface area contributed by atoms with Crippen LogP contribution in [0.5, 0.6) is 5.75 Å². The Bertz CT molecular complexity index is 1200. The largest absolute Gasteiger partial charge is 0.458 e. The molecule has 218 valence electrons. The fraction of sp³-hybridized carbons (Fsp3) is 0.548. The van der Waals surface area contributed by atoms with Gasteiger partial charge in [0, 0.05) is 18.1 Å². The van der Waals surface area contributed by atoms with Crippen molar-refractivity contribution in [2.45, 2.75) is 89.3 Å². The van der Waals surface area contributed by atoms with E-state index in [1.54, 1.807) is 0 Å². The summed E-state index contributed by atoms with van der Waals surface area (Å²) in [5.41, 5.74) is -1.75. The molecule has 0 amide bonds. The van der Waals surface area contributed by atoms with Crippen LogP contribution >= 0.6 is 0 Å². The average molecular weight is 573 g/mol. The Morgan fingerprint density at radius 1 is 0.775 bits per heavy atom. The highest BCUT2D eigenvalue weighted by Crippen LogP contribution is 2.45. The predicted octanol–water partition coefficient (Wildman–Crippen LogP) is 10.0. The Balaban J connectivity index is 1.39. The maximum absolute atomic E-state index is 14.9. The van der Waals surface area contributed by atoms with Gasteiger partial charge in [-0.3, -0.25) is 0 Å². The van der Waals surface area contributed by atoms with E-state index in [1.165, 1.54) is 50.5 Å². The van der Waals surface area contributed by atoms with Crippen molar-refractivity contribution >= 4 is 0 Å². The van der Waals surface area contributed by atoms with Gasteiger partial charge in [-0.25, -0.2) is 13.2 Å². The smallest absolute Gasteiger partial charge is 0.429 e. The summed E-state index contributed by atoms with van der Waals surface area (Å²) in [6, 6.07) is 3.94. The van der Waals surface area contributed by atoms with Crippen LogP contribution in [-0.2, 0) is 6.11 Å². The molecule has 0 unspecified atom stereocenters. The van der Waals surface area contributed by atoms with Gasteiger partial charge in [-0.05, 0) is 79.9 Å². The van der Waals surface area contributed by atoms with Crippen LogP contribution in [0.15, 0.2) is 30.3 Å². The SMILES string of the molecule is CCCC1CCC(C2CCC(c3ccc(C(F)(F)Oc4cc(F)c(C#CC(F)(F)F)c(F)c4)c(F)c3)CC2)CC1. The topological polar surface area (TPSA) is 9.23 Å². The average Bonchev–Trinajstić information content (AvgIpc) is 2.88. The highest BCUT2D eigenvalue weighted by molar-refractivity contribution is 5.42. The van der Waals surface area contributed by atoms with Gasteiger partial charge >= 0.3 is 12.3 Å². The first-order chi connectivity index (χ1) is 18.9. The number of hydrogen-bond donors (Lipinski definition) is 0. The van der Waals surface area contributed by atoms with Gasteiger partial charge in [-0.1, -0.05) is 44.6 Å². The van der Waals surface area contributed by atoms with E-state index < -0.39 is 46.6 Å². The molecule has 2 aliphatic carbocycles. The number of halogens is 8. The van der Waals surface area contributed by atoms with Gasteiger partial charge in [0.2, 0.25) is 0 Å². The van der Waals surface area contributed by atoms with E-state index >= 15 is 0 Å². The zero-order valence-corrected chi connectivity index (χ0v) is 22.2. The second-order valence-electron chi connectivity index (χ2n) is 11.0. The molecule has 0 aromatic heterocycles. The summed E-state index contributed by atoms with van der Waals surface area (Å²) >= 11 is 0. The van der Waals surface area contributed by atoms with Crippen molar-refractivity contribution in [2.24, 2.45) is 17.8 Å². The van der Waals surface area contributed by atoms with Gasteiger partial charge in [-0.15, -0.1) is 0 Å². The summed E-state index contributed by atoms with van der Waals surface area (Å²) in [4.78, 5) is 0. The standard InChI is InChI=1S/C31H32F8O/c1-2-3-19-4-6-20(7-5-19)21-8-10-22(11-9-21)23-12-13-26(29(34)16-23)31(38,39)40-24-17-27(32)25(28(33)18-24)14-15-30(35,36)37/h12-13,16-22H,2-11H2,1H3. The van der Waals surface area contributed by atoms with Crippen molar-refractivity contribution < 1.29 is 39.9 Å². The molecule has 0 saturated heterocycles. The Hall–Kier alpha value is -2.76. The molecule has 0 N–H and O–H groups in total. The van der Waals surface area contributed by atoms with Crippen molar-refractivity contribution in [3.05, 3.63) is 64.5 Å². The number of alkyl halides is 5. The van der Waals surface area contributed by atoms with E-state index in [1.807, 2.05) is 0 Å². The Kier molecular flexibility index (Phi) is 9.36. The first kappa shape index (κ1) is 30.2. The van der Waals surface area contributed by atoms with E-state index in [4.69, 9.17) is 0 Å². The van der Waals surface area contributed by atoms with Crippen molar-refractivity contribution in [3.63, 3.8) is 0 Å². The molecule has 0 heterocycles. The lowest BCUT2D eigenvalue weighted by Crippen LogP contribution is -2.26. The monoisotopic (exact) mass is 572 g/mol. The first-order valence-electron chi connectivity index (χ1n) is 13.8. The van der Waals surface area contributed by atoms with Crippen LogP contribution < -0.4 is 4.74 Å². The van der Waals surface area contributed by atoms with Gasteiger partial charge in [0.25, 0.3) is 0 Å². The molecular formula is C31H32F8O. The van der Waals surface area contributed by atoms with E-state index in [2.05, 4.69) is 11.7 Å². The van der Waals surface area contributed by atoms with Crippen LogP contribution in [0.4, 0.5) is 35.1 Å². The molecule has 2 saturated carbocycles. The Morgan fingerprint density at radius 2 is 1.35 bits per heavy atom. The molecule has 1 nitrogen and oxygen atoms in total. The summed E-state index contributed by atoms with van der Waals surface area (Å²) in [6.45, 7) is 2.22. The van der Waals surface area contributed by atoms with Crippen molar-refractivity contribution in [1.29, 1.82) is 0 Å². The molecule has 0 atom stereocenters. The zero-order valence-electron chi connectivity index (χ0n) is 22.2. The second-order valence-corrected chi connectivity index (χ2v) is 11.0. The second kappa shape index (κ2) is 12.4. The van der Waals surface area contributed by atoms with Crippen LogP contribution in [-0.4, -0.2) is 6.18 Å². The van der Waals surface area contributed by atoms with Gasteiger partial charge in [0.1, 0.15) is 23.2 Å². The third kappa shape index (κ3) is 7.50. The van der Waals surface area contributed by atoms with Crippen molar-refractivity contribution in [3.8, 4) is 17.6 Å². The molecule has 2 fully saturated rings. The summed E-state index contributed by atoms with van der Waals surface area (Å²) in [5, 5.41) is 0. The van der Waals surface area contributed by atoms with Gasteiger partial charge in [-0.2, -0.15) is 22.0 Å². The number of rotatable bonds is 7. The molecule has 40 heavy (non-hydrogen) atoms.